The third-order valence-electron chi connectivity index (χ3n) is 2.38. The topological polar surface area (TPSA) is 35.2 Å². The van der Waals surface area contributed by atoms with E-state index in [4.69, 9.17) is 22.1 Å². The highest BCUT2D eigenvalue weighted by Gasteiger charge is 2.05. The number of ether oxygens (including phenoxy) is 1. The van der Waals surface area contributed by atoms with Crippen molar-refractivity contribution in [1.29, 1.82) is 0 Å². The van der Waals surface area contributed by atoms with Gasteiger partial charge < -0.3 is 10.5 Å². The van der Waals surface area contributed by atoms with Gasteiger partial charge in [-0.3, -0.25) is 0 Å². The number of anilines is 1. The van der Waals surface area contributed by atoms with Crippen molar-refractivity contribution in [3.63, 3.8) is 0 Å². The molecule has 2 aromatic carbocycles. The van der Waals surface area contributed by atoms with Crippen LogP contribution in [0.3, 0.4) is 0 Å². The summed E-state index contributed by atoms with van der Waals surface area (Å²) in [4.78, 5) is 0. The van der Waals surface area contributed by atoms with E-state index in [1.165, 1.54) is 0 Å². The summed E-state index contributed by atoms with van der Waals surface area (Å²) in [5.74, 6) is 0.802. The molecule has 0 radical (unpaired) electrons. The van der Waals surface area contributed by atoms with Gasteiger partial charge in [0, 0.05) is 16.3 Å². The SMILES string of the molecule is COc1ccc(N)cc1-c1ccc(Cl)cc1. The molecule has 0 saturated carbocycles. The molecule has 0 heterocycles. The maximum Gasteiger partial charge on any atom is 0.126 e. The Balaban J connectivity index is 2.53. The van der Waals surface area contributed by atoms with Crippen LogP contribution >= 0.6 is 11.6 Å². The van der Waals surface area contributed by atoms with E-state index >= 15 is 0 Å². The standard InChI is InChI=1S/C13H12ClNO/c1-16-13-7-6-11(15)8-12(13)9-2-4-10(14)5-3-9/h2-8H,15H2,1H3. The molecule has 0 bridgehead atoms. The minimum absolute atomic E-state index is 0.714. The van der Waals surface area contributed by atoms with Crippen molar-refractivity contribution in [2.45, 2.75) is 0 Å². The van der Waals surface area contributed by atoms with Crippen molar-refractivity contribution < 1.29 is 4.74 Å². The second-order valence-corrected chi connectivity index (χ2v) is 3.90. The van der Waals surface area contributed by atoms with Crippen LogP contribution in [-0.2, 0) is 0 Å². The zero-order chi connectivity index (χ0) is 11.5. The summed E-state index contributed by atoms with van der Waals surface area (Å²) in [7, 11) is 1.64. The lowest BCUT2D eigenvalue weighted by molar-refractivity contribution is 0.416. The molecule has 0 aromatic heterocycles. The largest absolute Gasteiger partial charge is 0.496 e. The van der Waals surface area contributed by atoms with E-state index in [0.717, 1.165) is 16.9 Å². The minimum atomic E-state index is 0.714. The molecular formula is C13H12ClNO. The van der Waals surface area contributed by atoms with E-state index in [9.17, 15) is 0 Å². The maximum atomic E-state index is 5.85. The molecule has 82 valence electrons. The van der Waals surface area contributed by atoms with Crippen LogP contribution in [0.4, 0.5) is 5.69 Å². The van der Waals surface area contributed by atoms with Crippen molar-refractivity contribution in [3.8, 4) is 16.9 Å². The Hall–Kier alpha value is -1.67. The first-order valence-electron chi connectivity index (χ1n) is 4.90. The van der Waals surface area contributed by atoms with Gasteiger partial charge in [0.25, 0.3) is 0 Å². The highest BCUT2D eigenvalue weighted by Crippen LogP contribution is 2.32. The zero-order valence-corrected chi connectivity index (χ0v) is 9.66. The molecule has 0 aliphatic heterocycles. The Kier molecular flexibility index (Phi) is 3.02. The second kappa shape index (κ2) is 4.45. The van der Waals surface area contributed by atoms with E-state index in [2.05, 4.69) is 0 Å². The van der Waals surface area contributed by atoms with Crippen molar-refractivity contribution in [2.24, 2.45) is 0 Å². The number of hydrogen-bond acceptors (Lipinski definition) is 2. The zero-order valence-electron chi connectivity index (χ0n) is 8.91. The molecule has 2 nitrogen and oxygen atoms in total. The Morgan fingerprint density at radius 2 is 1.75 bits per heavy atom. The van der Waals surface area contributed by atoms with Crippen LogP contribution in [0.2, 0.25) is 5.02 Å². The Morgan fingerprint density at radius 3 is 2.38 bits per heavy atom. The van der Waals surface area contributed by atoms with Gasteiger partial charge in [-0.15, -0.1) is 0 Å². The number of methoxy groups -OCH3 is 1. The maximum absolute atomic E-state index is 5.85. The van der Waals surface area contributed by atoms with Gasteiger partial charge in [-0.25, -0.2) is 0 Å². The summed E-state index contributed by atoms with van der Waals surface area (Å²) in [6, 6.07) is 13.2. The highest BCUT2D eigenvalue weighted by molar-refractivity contribution is 6.30. The summed E-state index contributed by atoms with van der Waals surface area (Å²) in [6.45, 7) is 0. The molecule has 0 amide bonds. The van der Waals surface area contributed by atoms with Crippen molar-refractivity contribution >= 4 is 17.3 Å². The molecule has 2 rings (SSSR count). The highest BCUT2D eigenvalue weighted by atomic mass is 35.5. The van der Waals surface area contributed by atoms with Gasteiger partial charge in [0.15, 0.2) is 0 Å². The average molecular weight is 234 g/mol. The molecule has 0 saturated heterocycles. The number of hydrogen-bond donors (Lipinski definition) is 1. The molecule has 2 N–H and O–H groups in total. The summed E-state index contributed by atoms with van der Waals surface area (Å²) in [6.07, 6.45) is 0. The molecule has 16 heavy (non-hydrogen) atoms. The predicted octanol–water partition coefficient (Wildman–Crippen LogP) is 3.60. The van der Waals surface area contributed by atoms with Gasteiger partial charge in [0.2, 0.25) is 0 Å². The summed E-state index contributed by atoms with van der Waals surface area (Å²) in [5, 5.41) is 0.714. The third kappa shape index (κ3) is 2.12. The molecule has 0 fully saturated rings. The first kappa shape index (κ1) is 10.8. The predicted molar refractivity (Wildman–Crippen MR) is 67.9 cm³/mol. The summed E-state index contributed by atoms with van der Waals surface area (Å²) < 4.78 is 5.30. The van der Waals surface area contributed by atoms with Crippen LogP contribution in [0.1, 0.15) is 0 Å². The van der Waals surface area contributed by atoms with Crippen LogP contribution < -0.4 is 10.5 Å². The van der Waals surface area contributed by atoms with E-state index in [0.29, 0.717) is 10.7 Å². The number of halogens is 1. The summed E-state index contributed by atoms with van der Waals surface area (Å²) in [5.41, 5.74) is 8.49. The van der Waals surface area contributed by atoms with Gasteiger partial charge in [-0.05, 0) is 35.9 Å². The average Bonchev–Trinajstić information content (AvgIpc) is 2.30. The van der Waals surface area contributed by atoms with Crippen LogP contribution in [-0.4, -0.2) is 7.11 Å². The monoisotopic (exact) mass is 233 g/mol. The fraction of sp³-hybridized carbons (Fsp3) is 0.0769. The molecule has 0 unspecified atom stereocenters. The van der Waals surface area contributed by atoms with Gasteiger partial charge in [-0.1, -0.05) is 23.7 Å². The first-order chi connectivity index (χ1) is 7.70. The van der Waals surface area contributed by atoms with E-state index in [-0.39, 0.29) is 0 Å². The number of nitrogen functional groups attached to an aromatic ring is 1. The smallest absolute Gasteiger partial charge is 0.126 e. The number of nitrogens with two attached hydrogens (primary N) is 1. The van der Waals surface area contributed by atoms with Gasteiger partial charge in [0.05, 0.1) is 7.11 Å². The number of rotatable bonds is 2. The first-order valence-corrected chi connectivity index (χ1v) is 5.28. The van der Waals surface area contributed by atoms with E-state index < -0.39 is 0 Å². The van der Waals surface area contributed by atoms with Gasteiger partial charge in [0.1, 0.15) is 5.75 Å². The van der Waals surface area contributed by atoms with Crippen LogP contribution in [0.5, 0.6) is 5.75 Å². The van der Waals surface area contributed by atoms with Crippen LogP contribution in [0, 0.1) is 0 Å². The quantitative estimate of drug-likeness (QED) is 0.805. The van der Waals surface area contributed by atoms with Crippen molar-refractivity contribution in [1.82, 2.24) is 0 Å². The Labute approximate surface area is 99.6 Å². The summed E-state index contributed by atoms with van der Waals surface area (Å²) >= 11 is 5.85. The van der Waals surface area contributed by atoms with Gasteiger partial charge >= 0.3 is 0 Å². The van der Waals surface area contributed by atoms with Gasteiger partial charge in [-0.2, -0.15) is 0 Å². The Bertz CT molecular complexity index is 494. The molecule has 2 aromatic rings. The lowest BCUT2D eigenvalue weighted by Crippen LogP contribution is -1.91. The molecule has 0 atom stereocenters. The third-order valence-corrected chi connectivity index (χ3v) is 2.63. The second-order valence-electron chi connectivity index (χ2n) is 3.47. The number of benzene rings is 2. The molecule has 0 spiro atoms. The lowest BCUT2D eigenvalue weighted by atomic mass is 10.0. The van der Waals surface area contributed by atoms with E-state index in [1.807, 2.05) is 42.5 Å². The molecule has 0 aliphatic carbocycles. The van der Waals surface area contributed by atoms with E-state index in [1.54, 1.807) is 7.11 Å². The molecule has 3 heteroatoms. The van der Waals surface area contributed by atoms with Crippen molar-refractivity contribution in [2.75, 3.05) is 12.8 Å². The minimum Gasteiger partial charge on any atom is -0.496 e. The normalized spacial score (nSPS) is 10.1. The van der Waals surface area contributed by atoms with Crippen LogP contribution in [0.15, 0.2) is 42.5 Å². The molecule has 0 aliphatic rings. The lowest BCUT2D eigenvalue weighted by Gasteiger charge is -2.09. The molecular weight excluding hydrogens is 222 g/mol. The Morgan fingerprint density at radius 1 is 1.06 bits per heavy atom. The fourth-order valence-corrected chi connectivity index (χ4v) is 1.71. The van der Waals surface area contributed by atoms with Crippen molar-refractivity contribution in [3.05, 3.63) is 47.5 Å². The fourth-order valence-electron chi connectivity index (χ4n) is 1.58. The van der Waals surface area contributed by atoms with Crippen LogP contribution in [0.25, 0.3) is 11.1 Å².